The summed E-state index contributed by atoms with van der Waals surface area (Å²) in [7, 11) is 0. The van der Waals surface area contributed by atoms with Crippen molar-refractivity contribution in [1.82, 2.24) is 15.1 Å². The number of carbonyl (C=O) groups excluding carboxylic acids is 2. The van der Waals surface area contributed by atoms with Gasteiger partial charge in [-0.1, -0.05) is 47.2 Å². The molecule has 0 spiro atoms. The van der Waals surface area contributed by atoms with Gasteiger partial charge in [-0.2, -0.15) is 5.10 Å². The summed E-state index contributed by atoms with van der Waals surface area (Å²) in [6, 6.07) is 12.0. The zero-order chi connectivity index (χ0) is 25.0. The summed E-state index contributed by atoms with van der Waals surface area (Å²) in [5.41, 5.74) is 2.02. The fraction of sp³-hybridized carbons (Fsp3) is 0.240. The first-order valence-corrected chi connectivity index (χ1v) is 11.0. The van der Waals surface area contributed by atoms with Gasteiger partial charge in [0.15, 0.2) is 0 Å². The molecule has 35 heavy (non-hydrogen) atoms. The number of carboxylic acids is 1. The second-order valence-electron chi connectivity index (χ2n) is 8.35. The molecule has 176 valence electrons. The fourth-order valence-corrected chi connectivity index (χ4v) is 3.53. The van der Waals surface area contributed by atoms with Crippen molar-refractivity contribution in [3.63, 3.8) is 0 Å². The molecule has 7 nitrogen and oxygen atoms in total. The van der Waals surface area contributed by atoms with E-state index in [0.717, 1.165) is 5.56 Å². The Bertz CT molecular complexity index is 1300. The summed E-state index contributed by atoms with van der Waals surface area (Å²) >= 11 is 12.5. The number of hydrogen-bond acceptors (Lipinski definition) is 5. The maximum absolute atomic E-state index is 11.7. The molecule has 0 aliphatic rings. The van der Waals surface area contributed by atoms with Gasteiger partial charge in [0.25, 0.3) is 0 Å². The number of rotatable bonds is 4. The Kier molecular flexibility index (Phi) is 9.49. The molecule has 2 aromatic carbocycles. The van der Waals surface area contributed by atoms with Crippen LogP contribution in [0.5, 0.6) is 0 Å². The van der Waals surface area contributed by atoms with Gasteiger partial charge in [-0.05, 0) is 58.0 Å². The normalized spacial score (nSPS) is 10.6. The average Bonchev–Trinajstić information content (AvgIpc) is 3.08. The number of amides is 1. The molecule has 0 saturated heterocycles. The summed E-state index contributed by atoms with van der Waals surface area (Å²) in [6.45, 7) is 7.08. The molecule has 0 radical (unpaired) electrons. The van der Waals surface area contributed by atoms with Gasteiger partial charge in [-0.25, -0.2) is 9.48 Å². The molecule has 0 aliphatic carbocycles. The first-order chi connectivity index (χ1) is 16.0. The second kappa shape index (κ2) is 11.7. The Morgan fingerprint density at radius 2 is 1.80 bits per heavy atom. The van der Waals surface area contributed by atoms with Crippen molar-refractivity contribution in [3.05, 3.63) is 69.3 Å². The zero-order valence-electron chi connectivity index (χ0n) is 20.0. The molecule has 1 amide bonds. The van der Waals surface area contributed by atoms with Gasteiger partial charge in [0.1, 0.15) is 11.3 Å². The van der Waals surface area contributed by atoms with Crippen LogP contribution in [0.25, 0.3) is 16.9 Å². The number of benzene rings is 2. The Balaban J connectivity index is 0.00000432. The summed E-state index contributed by atoms with van der Waals surface area (Å²) in [5.74, 6) is 4.36. The molecular weight excluding hydrogens is 484 g/mol. The fourth-order valence-electron chi connectivity index (χ4n) is 3.14. The average molecular weight is 506 g/mol. The molecule has 0 fully saturated rings. The molecule has 0 bridgehead atoms. The van der Waals surface area contributed by atoms with E-state index < -0.39 is 17.7 Å². The van der Waals surface area contributed by atoms with Crippen LogP contribution in [0.4, 0.5) is 4.79 Å². The molecule has 3 rings (SSSR count). The third-order valence-electron chi connectivity index (χ3n) is 4.56. The zero-order valence-corrected chi connectivity index (χ0v) is 21.5. The molecule has 1 N–H and O–H groups in total. The Morgan fingerprint density at radius 1 is 1.14 bits per heavy atom. The van der Waals surface area contributed by atoms with E-state index in [9.17, 15) is 14.7 Å². The van der Waals surface area contributed by atoms with Crippen LogP contribution in [-0.2, 0) is 4.74 Å². The van der Waals surface area contributed by atoms with Gasteiger partial charge in [-0.15, -0.1) is 0 Å². The van der Waals surface area contributed by atoms with Crippen molar-refractivity contribution in [2.45, 2.75) is 33.3 Å². The van der Waals surface area contributed by atoms with E-state index in [1.54, 1.807) is 70.2 Å². The van der Waals surface area contributed by atoms with Gasteiger partial charge in [0.2, 0.25) is 0 Å². The quantitative estimate of drug-likeness (QED) is 0.427. The van der Waals surface area contributed by atoms with E-state index in [1.807, 2.05) is 0 Å². The number of hydrogen-bond donors (Lipinski definition) is 1. The Hall–Kier alpha value is -2.87. The third-order valence-corrected chi connectivity index (χ3v) is 5.12. The summed E-state index contributed by atoms with van der Waals surface area (Å²) < 4.78 is 6.62. The van der Waals surface area contributed by atoms with Crippen LogP contribution < -0.4 is 29.3 Å². The number of aromatic nitrogens is 2. The molecular formula is C25H22Cl2LiN3O4. The molecule has 1 heterocycles. The van der Waals surface area contributed by atoms with Crippen LogP contribution in [0.15, 0.2) is 42.5 Å². The second-order valence-corrected chi connectivity index (χ2v) is 9.20. The maximum atomic E-state index is 11.7. The summed E-state index contributed by atoms with van der Waals surface area (Å²) in [6.07, 6.45) is -0.553. The van der Waals surface area contributed by atoms with E-state index in [4.69, 9.17) is 27.9 Å². The standard InChI is InChI=1S/C25H23Cl2N3O4.Li/c1-15-21(23(31)32)29-30(22(15)17-8-10-18(26)11-9-17)20-12-7-16(14-19(20)27)6-5-13-28-24(33)34-25(2,3)4;/h7-12,14H,13H2,1-4H3,(H,28,33)(H,31,32);/q;+1/p-1. The summed E-state index contributed by atoms with van der Waals surface area (Å²) in [5, 5.41) is 19.3. The van der Waals surface area contributed by atoms with Crippen LogP contribution in [-0.4, -0.2) is 34.0 Å². The largest absolute Gasteiger partial charge is 1.00 e. The number of nitrogens with one attached hydrogen (secondary N) is 1. The van der Waals surface area contributed by atoms with E-state index in [-0.39, 0.29) is 31.1 Å². The molecule has 0 aliphatic heterocycles. The van der Waals surface area contributed by atoms with E-state index >= 15 is 0 Å². The number of halogens is 2. The predicted octanol–water partition coefficient (Wildman–Crippen LogP) is 1.40. The van der Waals surface area contributed by atoms with Crippen molar-refractivity contribution < 1.29 is 38.3 Å². The number of alkyl carbamates (subject to hydrolysis) is 1. The number of ether oxygens (including phenoxy) is 1. The van der Waals surface area contributed by atoms with Gasteiger partial charge in [0, 0.05) is 21.7 Å². The summed E-state index contributed by atoms with van der Waals surface area (Å²) in [4.78, 5) is 23.3. The molecule has 10 heteroatoms. The first kappa shape index (κ1) is 28.4. The van der Waals surface area contributed by atoms with Crippen molar-refractivity contribution in [2.24, 2.45) is 0 Å². The smallest absolute Gasteiger partial charge is 0.543 e. The molecule has 1 aromatic heterocycles. The minimum atomic E-state index is -1.39. The van der Waals surface area contributed by atoms with Crippen LogP contribution in [0.3, 0.4) is 0 Å². The third kappa shape index (κ3) is 7.30. The predicted molar refractivity (Wildman–Crippen MR) is 129 cm³/mol. The molecule has 0 saturated carbocycles. The SMILES string of the molecule is Cc1c(C(=O)[O-])nn(-c2ccc(C#CCNC(=O)OC(C)(C)C)cc2Cl)c1-c1ccc(Cl)cc1.[Li+]. The Morgan fingerprint density at radius 3 is 2.37 bits per heavy atom. The first-order valence-electron chi connectivity index (χ1n) is 10.3. The van der Waals surface area contributed by atoms with Crippen molar-refractivity contribution in [2.75, 3.05) is 6.54 Å². The topological polar surface area (TPSA) is 96.3 Å². The van der Waals surface area contributed by atoms with Crippen molar-refractivity contribution >= 4 is 35.3 Å². The van der Waals surface area contributed by atoms with Crippen molar-refractivity contribution in [1.29, 1.82) is 0 Å². The van der Waals surface area contributed by atoms with Crippen LogP contribution in [0, 0.1) is 18.8 Å². The molecule has 3 aromatic rings. The van der Waals surface area contributed by atoms with Gasteiger partial charge in [-0.3, -0.25) is 0 Å². The van der Waals surface area contributed by atoms with Gasteiger partial charge in [0.05, 0.1) is 28.9 Å². The van der Waals surface area contributed by atoms with Crippen LogP contribution in [0.1, 0.15) is 42.4 Å². The van der Waals surface area contributed by atoms with E-state index in [1.165, 1.54) is 4.68 Å². The van der Waals surface area contributed by atoms with E-state index in [2.05, 4.69) is 22.3 Å². The van der Waals surface area contributed by atoms with E-state index in [0.29, 0.717) is 32.6 Å². The van der Waals surface area contributed by atoms with Gasteiger partial charge < -0.3 is 20.0 Å². The van der Waals surface area contributed by atoms with Crippen LogP contribution >= 0.6 is 23.2 Å². The van der Waals surface area contributed by atoms with Crippen LogP contribution in [0.2, 0.25) is 10.0 Å². The van der Waals surface area contributed by atoms with Crippen molar-refractivity contribution in [3.8, 4) is 28.8 Å². The monoisotopic (exact) mass is 505 g/mol. The number of carboxylic acid groups (broad SMARTS) is 1. The molecule has 0 atom stereocenters. The minimum Gasteiger partial charge on any atom is -0.543 e. The number of aromatic carboxylic acids is 1. The minimum absolute atomic E-state index is 0. The number of carbonyl (C=O) groups is 2. The Labute approximate surface area is 225 Å². The van der Waals surface area contributed by atoms with Gasteiger partial charge >= 0.3 is 25.0 Å². The maximum Gasteiger partial charge on any atom is 1.00 e. The number of nitrogens with zero attached hydrogens (tertiary/aromatic N) is 2. The molecule has 0 unspecified atom stereocenters.